The summed E-state index contributed by atoms with van der Waals surface area (Å²) in [5.41, 5.74) is 0.726. The third kappa shape index (κ3) is 2.97. The molecule has 0 fully saturated rings. The average molecular weight is 291 g/mol. The fraction of sp³-hybridized carbons (Fsp3) is 0.143. The summed E-state index contributed by atoms with van der Waals surface area (Å²) in [6, 6.07) is 10.1. The van der Waals surface area contributed by atoms with Crippen molar-refractivity contribution >= 4 is 28.9 Å². The number of esters is 1. The Morgan fingerprint density at radius 3 is 2.50 bits per heavy atom. The molecular weight excluding hydrogens is 278 g/mol. The van der Waals surface area contributed by atoms with Crippen LogP contribution in [-0.4, -0.2) is 26.1 Å². The van der Waals surface area contributed by atoms with E-state index in [-0.39, 0.29) is 5.91 Å². The van der Waals surface area contributed by atoms with Crippen molar-refractivity contribution in [1.82, 2.24) is 0 Å². The van der Waals surface area contributed by atoms with E-state index in [1.807, 2.05) is 0 Å². The number of carbonyl (C=O) groups is 2. The minimum Gasteiger partial charge on any atom is -0.487 e. The zero-order valence-electron chi connectivity index (χ0n) is 11.0. The van der Waals surface area contributed by atoms with Crippen molar-refractivity contribution in [3.63, 3.8) is 0 Å². The number of benzene rings is 1. The molecule has 0 saturated heterocycles. The van der Waals surface area contributed by atoms with Gasteiger partial charge in [0, 0.05) is 0 Å². The third-order valence-electron chi connectivity index (χ3n) is 2.59. The highest BCUT2D eigenvalue weighted by Crippen LogP contribution is 2.25. The van der Waals surface area contributed by atoms with Crippen molar-refractivity contribution < 1.29 is 19.1 Å². The van der Waals surface area contributed by atoms with E-state index in [4.69, 9.17) is 4.74 Å². The van der Waals surface area contributed by atoms with Gasteiger partial charge in [0.05, 0.1) is 30.3 Å². The van der Waals surface area contributed by atoms with Crippen LogP contribution < -0.4 is 10.1 Å². The Morgan fingerprint density at radius 2 is 1.85 bits per heavy atom. The number of hydrogen-bond donors (Lipinski definition) is 1. The van der Waals surface area contributed by atoms with Crippen molar-refractivity contribution in [2.75, 3.05) is 19.5 Å². The van der Waals surface area contributed by atoms with Gasteiger partial charge in [0.15, 0.2) is 5.06 Å². The summed E-state index contributed by atoms with van der Waals surface area (Å²) in [4.78, 5) is 24.2. The predicted octanol–water partition coefficient (Wildman–Crippen LogP) is 2.80. The molecule has 1 aromatic heterocycles. The van der Waals surface area contributed by atoms with Gasteiger partial charge in [0.2, 0.25) is 0 Å². The number of ether oxygens (including phenoxy) is 2. The maximum atomic E-state index is 12.1. The van der Waals surface area contributed by atoms with Crippen LogP contribution in [0.4, 0.5) is 5.69 Å². The van der Waals surface area contributed by atoms with Crippen LogP contribution in [0, 0.1) is 0 Å². The van der Waals surface area contributed by atoms with E-state index in [2.05, 4.69) is 10.1 Å². The van der Waals surface area contributed by atoms with Crippen LogP contribution in [0.2, 0.25) is 0 Å². The number of thiophene rings is 1. The summed E-state index contributed by atoms with van der Waals surface area (Å²) in [6.07, 6.45) is 0. The van der Waals surface area contributed by atoms with E-state index in [9.17, 15) is 9.59 Å². The molecule has 0 aliphatic carbocycles. The highest BCUT2D eigenvalue weighted by Gasteiger charge is 2.15. The molecule has 0 atom stereocenters. The fourth-order valence-corrected chi connectivity index (χ4v) is 2.33. The smallest absolute Gasteiger partial charge is 0.339 e. The Kier molecular flexibility index (Phi) is 4.37. The molecule has 104 valence electrons. The van der Waals surface area contributed by atoms with Crippen LogP contribution in [-0.2, 0) is 4.74 Å². The topological polar surface area (TPSA) is 64.6 Å². The van der Waals surface area contributed by atoms with Crippen molar-refractivity contribution in [3.05, 3.63) is 46.8 Å². The lowest BCUT2D eigenvalue weighted by molar-refractivity contribution is 0.0602. The van der Waals surface area contributed by atoms with E-state index >= 15 is 0 Å². The first-order chi connectivity index (χ1) is 9.65. The van der Waals surface area contributed by atoms with E-state index in [0.717, 1.165) is 0 Å². The minimum atomic E-state index is -0.496. The van der Waals surface area contributed by atoms with Gasteiger partial charge in [-0.25, -0.2) is 4.79 Å². The normalized spacial score (nSPS) is 9.90. The number of methoxy groups -OCH3 is 2. The molecule has 0 aliphatic rings. The molecule has 5 nitrogen and oxygen atoms in total. The number of amides is 1. The minimum absolute atomic E-state index is 0.297. The second kappa shape index (κ2) is 6.21. The number of anilines is 1. The lowest BCUT2D eigenvalue weighted by Crippen LogP contribution is -2.14. The molecule has 2 rings (SSSR count). The largest absolute Gasteiger partial charge is 0.487 e. The van der Waals surface area contributed by atoms with Crippen LogP contribution in [0.15, 0.2) is 36.4 Å². The average Bonchev–Trinajstić information content (AvgIpc) is 2.96. The quantitative estimate of drug-likeness (QED) is 0.880. The molecule has 0 unspecified atom stereocenters. The van der Waals surface area contributed by atoms with Gasteiger partial charge >= 0.3 is 5.97 Å². The third-order valence-corrected chi connectivity index (χ3v) is 3.63. The van der Waals surface area contributed by atoms with Crippen LogP contribution in [0.25, 0.3) is 0 Å². The zero-order chi connectivity index (χ0) is 14.5. The molecule has 1 amide bonds. The SMILES string of the molecule is COC(=O)c1ccccc1NC(=O)c1ccc(OC)s1. The molecule has 20 heavy (non-hydrogen) atoms. The zero-order valence-corrected chi connectivity index (χ0v) is 11.8. The summed E-state index contributed by atoms with van der Waals surface area (Å²) in [5.74, 6) is -0.792. The van der Waals surface area contributed by atoms with Crippen molar-refractivity contribution in [2.45, 2.75) is 0 Å². The predicted molar refractivity (Wildman–Crippen MR) is 76.6 cm³/mol. The molecule has 0 spiro atoms. The number of nitrogens with one attached hydrogen (secondary N) is 1. The number of carbonyl (C=O) groups excluding carboxylic acids is 2. The Balaban J connectivity index is 2.21. The molecular formula is C14H13NO4S. The van der Waals surface area contributed by atoms with Crippen LogP contribution in [0.1, 0.15) is 20.0 Å². The molecule has 0 radical (unpaired) electrons. The Labute approximate surface area is 120 Å². The van der Waals surface area contributed by atoms with Gasteiger partial charge in [-0.2, -0.15) is 0 Å². The molecule has 0 bridgehead atoms. The lowest BCUT2D eigenvalue weighted by atomic mass is 10.2. The second-order valence-electron chi connectivity index (χ2n) is 3.81. The second-order valence-corrected chi connectivity index (χ2v) is 4.86. The first kappa shape index (κ1) is 14.1. The first-order valence-corrected chi connectivity index (χ1v) is 6.60. The molecule has 2 aromatic rings. The maximum absolute atomic E-state index is 12.1. The van der Waals surface area contributed by atoms with E-state index in [0.29, 0.717) is 21.2 Å². The highest BCUT2D eigenvalue weighted by molar-refractivity contribution is 7.15. The van der Waals surface area contributed by atoms with Gasteiger partial charge in [0.1, 0.15) is 0 Å². The van der Waals surface area contributed by atoms with Gasteiger partial charge in [-0.3, -0.25) is 4.79 Å². The van der Waals surface area contributed by atoms with E-state index in [1.165, 1.54) is 18.4 Å². The standard InChI is InChI=1S/C14H13NO4S/c1-18-12-8-7-11(20-12)13(16)15-10-6-4-3-5-9(10)14(17)19-2/h3-8H,1-2H3,(H,15,16). The van der Waals surface area contributed by atoms with Gasteiger partial charge in [-0.05, 0) is 24.3 Å². The Bertz CT molecular complexity index is 636. The molecule has 0 aliphatic heterocycles. The monoisotopic (exact) mass is 291 g/mol. The van der Waals surface area contributed by atoms with Crippen molar-refractivity contribution in [2.24, 2.45) is 0 Å². The number of rotatable bonds is 4. The van der Waals surface area contributed by atoms with E-state index in [1.54, 1.807) is 43.5 Å². The van der Waals surface area contributed by atoms with Crippen LogP contribution in [0.5, 0.6) is 5.06 Å². The molecule has 1 aromatic carbocycles. The van der Waals surface area contributed by atoms with Crippen LogP contribution in [0.3, 0.4) is 0 Å². The van der Waals surface area contributed by atoms with Gasteiger partial charge in [-0.15, -0.1) is 0 Å². The van der Waals surface area contributed by atoms with E-state index < -0.39 is 5.97 Å². The summed E-state index contributed by atoms with van der Waals surface area (Å²) in [5, 5.41) is 3.34. The van der Waals surface area contributed by atoms with Gasteiger partial charge < -0.3 is 14.8 Å². The highest BCUT2D eigenvalue weighted by atomic mass is 32.1. The summed E-state index contributed by atoms with van der Waals surface area (Å²) >= 11 is 1.23. The first-order valence-electron chi connectivity index (χ1n) is 5.78. The van der Waals surface area contributed by atoms with Crippen molar-refractivity contribution in [3.8, 4) is 5.06 Å². The summed E-state index contributed by atoms with van der Waals surface area (Å²) in [7, 11) is 2.84. The van der Waals surface area contributed by atoms with Gasteiger partial charge in [0.25, 0.3) is 5.91 Å². The molecule has 1 N–H and O–H groups in total. The van der Waals surface area contributed by atoms with Crippen LogP contribution >= 0.6 is 11.3 Å². The Morgan fingerprint density at radius 1 is 1.10 bits per heavy atom. The number of para-hydroxylation sites is 1. The van der Waals surface area contributed by atoms with Gasteiger partial charge in [-0.1, -0.05) is 23.5 Å². The number of hydrogen-bond acceptors (Lipinski definition) is 5. The molecule has 0 saturated carbocycles. The summed E-state index contributed by atoms with van der Waals surface area (Å²) < 4.78 is 9.72. The van der Waals surface area contributed by atoms with Crippen molar-refractivity contribution in [1.29, 1.82) is 0 Å². The lowest BCUT2D eigenvalue weighted by Gasteiger charge is -2.08. The molecule has 6 heteroatoms. The summed E-state index contributed by atoms with van der Waals surface area (Å²) in [6.45, 7) is 0. The fourth-order valence-electron chi connectivity index (χ4n) is 1.62. The molecule has 1 heterocycles. The maximum Gasteiger partial charge on any atom is 0.339 e. The Hall–Kier alpha value is -2.34.